The van der Waals surface area contributed by atoms with Crippen LogP contribution in [0.5, 0.6) is 0 Å². The van der Waals surface area contributed by atoms with Gasteiger partial charge < -0.3 is 5.11 Å². The Balaban J connectivity index is 1.43. The zero-order valence-electron chi connectivity index (χ0n) is 15.0. The minimum absolute atomic E-state index is 0.0337. The van der Waals surface area contributed by atoms with E-state index in [1.165, 1.54) is 0 Å². The van der Waals surface area contributed by atoms with E-state index >= 15 is 0 Å². The van der Waals surface area contributed by atoms with E-state index < -0.39 is 5.92 Å². The van der Waals surface area contributed by atoms with E-state index in [0.29, 0.717) is 22.3 Å². The van der Waals surface area contributed by atoms with E-state index in [-0.39, 0.29) is 49.7 Å². The van der Waals surface area contributed by atoms with Gasteiger partial charge in [-0.1, -0.05) is 24.3 Å². The zero-order chi connectivity index (χ0) is 19.8. The fourth-order valence-corrected chi connectivity index (χ4v) is 3.66. The second kappa shape index (κ2) is 7.01. The minimum Gasteiger partial charge on any atom is -0.396 e. The van der Waals surface area contributed by atoms with Gasteiger partial charge in [-0.2, -0.15) is 0 Å². The molecule has 0 bridgehead atoms. The highest BCUT2D eigenvalue weighted by molar-refractivity contribution is 6.22. The first kappa shape index (κ1) is 18.1. The number of rotatable bonds is 6. The Hall–Kier alpha value is -3.32. The molecule has 2 aromatic carbocycles. The summed E-state index contributed by atoms with van der Waals surface area (Å²) in [5.41, 5.74) is 1.44. The number of fused-ring (bicyclic) bond motifs is 2. The van der Waals surface area contributed by atoms with Gasteiger partial charge in [0, 0.05) is 25.6 Å². The number of nitrogens with zero attached hydrogens (tertiary/aromatic N) is 2. The van der Waals surface area contributed by atoms with Crippen molar-refractivity contribution in [2.45, 2.75) is 6.42 Å². The quantitative estimate of drug-likeness (QED) is 0.770. The molecule has 28 heavy (non-hydrogen) atoms. The first-order chi connectivity index (χ1) is 13.5. The van der Waals surface area contributed by atoms with Gasteiger partial charge in [0.1, 0.15) is 0 Å². The van der Waals surface area contributed by atoms with E-state index in [2.05, 4.69) is 0 Å². The summed E-state index contributed by atoms with van der Waals surface area (Å²) in [6.07, 6.45) is 0.287. The molecule has 7 heteroatoms. The number of benzene rings is 2. The summed E-state index contributed by atoms with van der Waals surface area (Å²) in [5, 5.41) is 9.72. The van der Waals surface area contributed by atoms with Crippen LogP contribution in [0.2, 0.25) is 0 Å². The lowest BCUT2D eigenvalue weighted by Crippen LogP contribution is -2.38. The van der Waals surface area contributed by atoms with Gasteiger partial charge in [-0.3, -0.25) is 29.0 Å². The predicted octanol–water partition coefficient (Wildman–Crippen LogP) is 1.58. The minimum atomic E-state index is -0.438. The first-order valence-corrected chi connectivity index (χ1v) is 9.04. The van der Waals surface area contributed by atoms with Crippen molar-refractivity contribution in [3.63, 3.8) is 0 Å². The number of hydrogen-bond acceptors (Lipinski definition) is 5. The van der Waals surface area contributed by atoms with Crippen LogP contribution in [0.25, 0.3) is 0 Å². The number of carbonyl (C=O) groups is 4. The van der Waals surface area contributed by atoms with E-state index in [1.807, 2.05) is 0 Å². The van der Waals surface area contributed by atoms with Crippen LogP contribution in [0.1, 0.15) is 47.9 Å². The SMILES string of the molecule is O=C1c2ccccc2C(=O)N1CCC(CO)CN1C(=O)c2ccccc2C1=O. The maximum Gasteiger partial charge on any atom is 0.261 e. The molecule has 7 nitrogen and oxygen atoms in total. The highest BCUT2D eigenvalue weighted by Gasteiger charge is 2.38. The smallest absolute Gasteiger partial charge is 0.261 e. The van der Waals surface area contributed by atoms with Crippen LogP contribution in [0.4, 0.5) is 0 Å². The average molecular weight is 378 g/mol. The van der Waals surface area contributed by atoms with Crippen LogP contribution < -0.4 is 0 Å². The summed E-state index contributed by atoms with van der Waals surface area (Å²) in [6, 6.07) is 13.2. The van der Waals surface area contributed by atoms with Gasteiger partial charge >= 0.3 is 0 Å². The second-order valence-corrected chi connectivity index (χ2v) is 6.91. The Morgan fingerprint density at radius 3 is 1.46 bits per heavy atom. The zero-order valence-corrected chi connectivity index (χ0v) is 15.0. The second-order valence-electron chi connectivity index (χ2n) is 6.91. The highest BCUT2D eigenvalue weighted by atomic mass is 16.3. The van der Waals surface area contributed by atoms with Crippen LogP contribution >= 0.6 is 0 Å². The van der Waals surface area contributed by atoms with Gasteiger partial charge in [0.15, 0.2) is 0 Å². The van der Waals surface area contributed by atoms with Crippen LogP contribution in [0.3, 0.4) is 0 Å². The molecular formula is C21H18N2O5. The molecule has 0 aromatic heterocycles. The highest BCUT2D eigenvalue weighted by Crippen LogP contribution is 2.26. The van der Waals surface area contributed by atoms with Crippen LogP contribution in [-0.4, -0.2) is 58.2 Å². The number of amides is 4. The lowest BCUT2D eigenvalue weighted by atomic mass is 10.1. The van der Waals surface area contributed by atoms with Crippen LogP contribution in [-0.2, 0) is 0 Å². The molecule has 0 radical (unpaired) electrons. The molecule has 1 unspecified atom stereocenters. The summed E-state index contributed by atoms with van der Waals surface area (Å²) < 4.78 is 0. The Kier molecular flexibility index (Phi) is 4.52. The molecule has 1 N–H and O–H groups in total. The monoisotopic (exact) mass is 378 g/mol. The maximum absolute atomic E-state index is 12.5. The largest absolute Gasteiger partial charge is 0.396 e. The Morgan fingerprint density at radius 2 is 1.07 bits per heavy atom. The molecule has 0 spiro atoms. The third-order valence-electron chi connectivity index (χ3n) is 5.22. The normalized spacial score (nSPS) is 16.6. The Labute approximate surface area is 161 Å². The summed E-state index contributed by atoms with van der Waals surface area (Å²) in [4.78, 5) is 52.1. The van der Waals surface area contributed by atoms with E-state index in [1.54, 1.807) is 48.5 Å². The molecule has 2 aromatic rings. The van der Waals surface area contributed by atoms with Gasteiger partial charge in [0.2, 0.25) is 0 Å². The van der Waals surface area contributed by atoms with Crippen molar-refractivity contribution in [1.29, 1.82) is 0 Å². The van der Waals surface area contributed by atoms with Crippen LogP contribution in [0, 0.1) is 5.92 Å². The molecule has 0 saturated heterocycles. The summed E-state index contributed by atoms with van der Waals surface area (Å²) >= 11 is 0. The van der Waals surface area contributed by atoms with Crippen molar-refractivity contribution < 1.29 is 24.3 Å². The molecule has 0 fully saturated rings. The lowest BCUT2D eigenvalue weighted by molar-refractivity contribution is 0.0557. The van der Waals surface area contributed by atoms with Crippen molar-refractivity contribution in [2.75, 3.05) is 19.7 Å². The summed E-state index contributed by atoms with van der Waals surface area (Å²) in [5.74, 6) is -1.94. The van der Waals surface area contributed by atoms with Gasteiger partial charge in [0.05, 0.1) is 22.3 Å². The fourth-order valence-electron chi connectivity index (χ4n) is 3.66. The standard InChI is InChI=1S/C21H18N2O5/c24-12-13(11-23-20(27)16-7-3-4-8-17(16)21(23)28)9-10-22-18(25)14-5-1-2-6-15(14)19(22)26/h1-8,13,24H,9-12H2. The third-order valence-corrected chi connectivity index (χ3v) is 5.22. The van der Waals surface area contributed by atoms with E-state index in [9.17, 15) is 24.3 Å². The Morgan fingerprint density at radius 1 is 0.679 bits per heavy atom. The van der Waals surface area contributed by atoms with Crippen LogP contribution in [0.15, 0.2) is 48.5 Å². The van der Waals surface area contributed by atoms with Crippen molar-refractivity contribution in [1.82, 2.24) is 9.80 Å². The molecule has 2 aliphatic rings. The lowest BCUT2D eigenvalue weighted by Gasteiger charge is -2.23. The third kappa shape index (κ3) is 2.80. The molecule has 0 aliphatic carbocycles. The number of carbonyl (C=O) groups excluding carboxylic acids is 4. The fraction of sp³-hybridized carbons (Fsp3) is 0.238. The van der Waals surface area contributed by atoms with Gasteiger partial charge in [-0.25, -0.2) is 0 Å². The van der Waals surface area contributed by atoms with Crippen molar-refractivity contribution >= 4 is 23.6 Å². The van der Waals surface area contributed by atoms with E-state index in [4.69, 9.17) is 0 Å². The van der Waals surface area contributed by atoms with Crippen molar-refractivity contribution in [3.8, 4) is 0 Å². The maximum atomic E-state index is 12.5. The van der Waals surface area contributed by atoms with Gasteiger partial charge in [0.25, 0.3) is 23.6 Å². The number of hydrogen-bond donors (Lipinski definition) is 1. The summed E-state index contributed by atoms with van der Waals surface area (Å²) in [6.45, 7) is -0.122. The van der Waals surface area contributed by atoms with Crippen molar-refractivity contribution in [2.24, 2.45) is 5.92 Å². The molecule has 142 valence electrons. The molecule has 1 atom stereocenters. The molecule has 4 rings (SSSR count). The topological polar surface area (TPSA) is 95.0 Å². The van der Waals surface area contributed by atoms with E-state index in [0.717, 1.165) is 9.80 Å². The van der Waals surface area contributed by atoms with Gasteiger partial charge in [-0.05, 0) is 30.7 Å². The summed E-state index contributed by atoms with van der Waals surface area (Å²) in [7, 11) is 0. The van der Waals surface area contributed by atoms with Crippen molar-refractivity contribution in [3.05, 3.63) is 70.8 Å². The van der Waals surface area contributed by atoms with Gasteiger partial charge in [-0.15, -0.1) is 0 Å². The molecule has 0 saturated carbocycles. The molecule has 2 aliphatic heterocycles. The number of aliphatic hydroxyl groups is 1. The molecular weight excluding hydrogens is 360 g/mol. The Bertz CT molecular complexity index is 930. The average Bonchev–Trinajstić information content (AvgIpc) is 3.11. The number of aliphatic hydroxyl groups excluding tert-OH is 1. The predicted molar refractivity (Wildman–Crippen MR) is 98.8 cm³/mol. The number of imide groups is 2. The molecule has 2 heterocycles. The molecule has 4 amide bonds. The first-order valence-electron chi connectivity index (χ1n) is 9.04.